The second-order valence-electron chi connectivity index (χ2n) is 4.60. The van der Waals surface area contributed by atoms with Crippen LogP contribution < -0.4 is 10.2 Å². The summed E-state index contributed by atoms with van der Waals surface area (Å²) in [5.41, 5.74) is 0.954. The maximum absolute atomic E-state index is 11.3. The Balaban J connectivity index is 1.77. The van der Waals surface area contributed by atoms with Crippen molar-refractivity contribution in [3.8, 4) is 0 Å². The third-order valence-corrected chi connectivity index (χ3v) is 3.65. The Kier molecular flexibility index (Phi) is 3.64. The molecule has 0 unspecified atom stereocenters. The molecule has 0 atom stereocenters. The van der Waals surface area contributed by atoms with Gasteiger partial charge < -0.3 is 10.2 Å². The van der Waals surface area contributed by atoms with E-state index in [-0.39, 0.29) is 5.78 Å². The lowest BCUT2D eigenvalue weighted by atomic mass is 10.3. The minimum atomic E-state index is 0.256. The number of anilines is 3. The third kappa shape index (κ3) is 2.96. The molecule has 0 saturated carbocycles. The highest BCUT2D eigenvalue weighted by Gasteiger charge is 2.20. The van der Waals surface area contributed by atoms with Gasteiger partial charge in [-0.3, -0.25) is 4.79 Å². The molecule has 20 heavy (non-hydrogen) atoms. The van der Waals surface area contributed by atoms with Gasteiger partial charge in [0.15, 0.2) is 5.78 Å². The van der Waals surface area contributed by atoms with E-state index in [0.29, 0.717) is 13.0 Å². The van der Waals surface area contributed by atoms with Crippen LogP contribution in [-0.2, 0) is 4.79 Å². The highest BCUT2D eigenvalue weighted by atomic mass is 79.9. The summed E-state index contributed by atoms with van der Waals surface area (Å²) in [6, 6.07) is 9.71. The first-order chi connectivity index (χ1) is 9.70. The van der Waals surface area contributed by atoms with Gasteiger partial charge in [0, 0.05) is 29.2 Å². The Morgan fingerprint density at radius 2 is 2.00 bits per heavy atom. The zero-order valence-corrected chi connectivity index (χ0v) is 12.3. The smallest absolute Gasteiger partial charge is 0.153 e. The second-order valence-corrected chi connectivity index (χ2v) is 5.52. The number of nitrogens with one attached hydrogen (secondary N) is 1. The van der Waals surface area contributed by atoms with Crippen molar-refractivity contribution in [2.24, 2.45) is 0 Å². The van der Waals surface area contributed by atoms with Crippen molar-refractivity contribution < 1.29 is 4.79 Å². The lowest BCUT2D eigenvalue weighted by Gasteiger charge is -2.15. The highest BCUT2D eigenvalue weighted by molar-refractivity contribution is 9.10. The Labute approximate surface area is 125 Å². The number of hydrogen-bond donors (Lipinski definition) is 1. The van der Waals surface area contributed by atoms with E-state index in [9.17, 15) is 4.79 Å². The Morgan fingerprint density at radius 1 is 1.20 bits per heavy atom. The van der Waals surface area contributed by atoms with Gasteiger partial charge in [0.1, 0.15) is 18.0 Å². The minimum Gasteiger partial charge on any atom is -0.349 e. The number of rotatable bonds is 3. The van der Waals surface area contributed by atoms with Crippen molar-refractivity contribution in [3.63, 3.8) is 0 Å². The van der Waals surface area contributed by atoms with Crippen LogP contribution in [0.2, 0.25) is 0 Å². The van der Waals surface area contributed by atoms with E-state index in [1.54, 1.807) is 0 Å². The van der Waals surface area contributed by atoms with Gasteiger partial charge in [-0.15, -0.1) is 0 Å². The summed E-state index contributed by atoms with van der Waals surface area (Å²) < 4.78 is 1.03. The molecule has 2 aromatic rings. The van der Waals surface area contributed by atoms with Gasteiger partial charge in [0.2, 0.25) is 0 Å². The monoisotopic (exact) mass is 332 g/mol. The number of aromatic nitrogens is 2. The van der Waals surface area contributed by atoms with Crippen molar-refractivity contribution in [2.75, 3.05) is 23.3 Å². The number of carbonyl (C=O) groups is 1. The average Bonchev–Trinajstić information content (AvgIpc) is 2.89. The first-order valence-electron chi connectivity index (χ1n) is 6.32. The van der Waals surface area contributed by atoms with E-state index in [1.165, 1.54) is 6.33 Å². The maximum Gasteiger partial charge on any atom is 0.153 e. The molecule has 1 saturated heterocycles. The summed E-state index contributed by atoms with van der Waals surface area (Å²) in [5, 5.41) is 3.22. The Morgan fingerprint density at radius 3 is 2.70 bits per heavy atom. The van der Waals surface area contributed by atoms with Gasteiger partial charge in [0.25, 0.3) is 0 Å². The fourth-order valence-corrected chi connectivity index (χ4v) is 2.36. The SMILES string of the molecule is O=C1CCN(c2cc(Nc3ccc(Br)cc3)ncn2)C1. The minimum absolute atomic E-state index is 0.256. The van der Waals surface area contributed by atoms with E-state index in [0.717, 1.165) is 28.3 Å². The zero-order valence-electron chi connectivity index (χ0n) is 10.7. The first kappa shape index (κ1) is 13.1. The number of ketones is 1. The van der Waals surface area contributed by atoms with Crippen molar-refractivity contribution in [3.05, 3.63) is 41.1 Å². The summed E-state index contributed by atoms with van der Waals surface area (Å²) in [5.74, 6) is 1.76. The number of halogens is 1. The predicted molar refractivity (Wildman–Crippen MR) is 81.3 cm³/mol. The number of carbonyl (C=O) groups excluding carboxylic acids is 1. The van der Waals surface area contributed by atoms with Gasteiger partial charge in [-0.05, 0) is 24.3 Å². The van der Waals surface area contributed by atoms with Gasteiger partial charge in [-0.25, -0.2) is 9.97 Å². The lowest BCUT2D eigenvalue weighted by Crippen LogP contribution is -2.20. The standard InChI is InChI=1S/C14H13BrN4O/c15-10-1-3-11(4-2-10)18-13-7-14(17-9-16-13)19-6-5-12(20)8-19/h1-4,7,9H,5-6,8H2,(H,16,17,18). The van der Waals surface area contributed by atoms with Crippen LogP contribution >= 0.6 is 15.9 Å². The van der Waals surface area contributed by atoms with E-state index < -0.39 is 0 Å². The highest BCUT2D eigenvalue weighted by Crippen LogP contribution is 2.21. The molecule has 0 spiro atoms. The molecule has 1 aromatic heterocycles. The predicted octanol–water partition coefficient (Wildman–Crippen LogP) is 2.76. The van der Waals surface area contributed by atoms with Gasteiger partial charge in [-0.1, -0.05) is 15.9 Å². The molecule has 0 aliphatic carbocycles. The van der Waals surface area contributed by atoms with Gasteiger partial charge in [-0.2, -0.15) is 0 Å². The summed E-state index contributed by atoms with van der Waals surface area (Å²) in [6.07, 6.45) is 2.11. The number of Topliss-reactive ketones (excluding diaryl/α,β-unsaturated/α-hetero) is 1. The van der Waals surface area contributed by atoms with Crippen LogP contribution in [0.4, 0.5) is 17.3 Å². The topological polar surface area (TPSA) is 58.1 Å². The maximum atomic E-state index is 11.3. The van der Waals surface area contributed by atoms with Crippen molar-refractivity contribution in [2.45, 2.75) is 6.42 Å². The molecule has 1 aliphatic rings. The van der Waals surface area contributed by atoms with E-state index in [4.69, 9.17) is 0 Å². The van der Waals surface area contributed by atoms with E-state index >= 15 is 0 Å². The summed E-state index contributed by atoms with van der Waals surface area (Å²) in [4.78, 5) is 21.7. The van der Waals surface area contributed by atoms with Crippen LogP contribution in [0, 0.1) is 0 Å². The molecular formula is C14H13BrN4O. The molecule has 1 fully saturated rings. The molecular weight excluding hydrogens is 320 g/mol. The quantitative estimate of drug-likeness (QED) is 0.936. The molecule has 0 radical (unpaired) electrons. The van der Waals surface area contributed by atoms with Crippen molar-refractivity contribution in [1.29, 1.82) is 0 Å². The third-order valence-electron chi connectivity index (χ3n) is 3.12. The second kappa shape index (κ2) is 5.58. The van der Waals surface area contributed by atoms with Crippen molar-refractivity contribution in [1.82, 2.24) is 9.97 Å². The molecule has 2 heterocycles. The van der Waals surface area contributed by atoms with Crippen LogP contribution in [0.3, 0.4) is 0 Å². The number of benzene rings is 1. The van der Waals surface area contributed by atoms with Crippen LogP contribution in [0.5, 0.6) is 0 Å². The fraction of sp³-hybridized carbons (Fsp3) is 0.214. The van der Waals surface area contributed by atoms with Crippen molar-refractivity contribution >= 4 is 39.0 Å². The summed E-state index contributed by atoms with van der Waals surface area (Å²) in [6.45, 7) is 1.17. The molecule has 5 nitrogen and oxygen atoms in total. The Hall–Kier alpha value is -1.95. The molecule has 0 bridgehead atoms. The summed E-state index contributed by atoms with van der Waals surface area (Å²) >= 11 is 3.40. The first-order valence-corrected chi connectivity index (χ1v) is 7.11. The average molecular weight is 333 g/mol. The Bertz CT molecular complexity index is 629. The largest absolute Gasteiger partial charge is 0.349 e. The van der Waals surface area contributed by atoms with Gasteiger partial charge in [0.05, 0.1) is 6.54 Å². The van der Waals surface area contributed by atoms with Crippen LogP contribution in [0.15, 0.2) is 41.1 Å². The normalized spacial score (nSPS) is 14.7. The van der Waals surface area contributed by atoms with E-state index in [1.807, 2.05) is 35.2 Å². The lowest BCUT2D eigenvalue weighted by molar-refractivity contribution is -0.116. The zero-order chi connectivity index (χ0) is 13.9. The van der Waals surface area contributed by atoms with Gasteiger partial charge >= 0.3 is 0 Å². The van der Waals surface area contributed by atoms with E-state index in [2.05, 4.69) is 31.2 Å². The summed E-state index contributed by atoms with van der Waals surface area (Å²) in [7, 11) is 0. The van der Waals surface area contributed by atoms with Crippen LogP contribution in [0.25, 0.3) is 0 Å². The molecule has 0 amide bonds. The number of hydrogen-bond acceptors (Lipinski definition) is 5. The van der Waals surface area contributed by atoms with Crippen LogP contribution in [-0.4, -0.2) is 28.8 Å². The van der Waals surface area contributed by atoms with Crippen LogP contribution in [0.1, 0.15) is 6.42 Å². The molecule has 3 rings (SSSR count). The molecule has 1 aromatic carbocycles. The molecule has 6 heteroatoms. The molecule has 102 valence electrons. The molecule has 1 N–H and O–H groups in total. The molecule has 1 aliphatic heterocycles. The number of nitrogens with zero attached hydrogens (tertiary/aromatic N) is 3. The fourth-order valence-electron chi connectivity index (χ4n) is 2.10.